The summed E-state index contributed by atoms with van der Waals surface area (Å²) in [6, 6.07) is 0.587. The van der Waals surface area contributed by atoms with Gasteiger partial charge in [-0.25, -0.2) is 0 Å². The number of aliphatic imine (C=N–C) groups is 1. The molecule has 1 heterocycles. The Bertz CT molecular complexity index is 156. The van der Waals surface area contributed by atoms with Crippen molar-refractivity contribution >= 4 is 16.9 Å². The summed E-state index contributed by atoms with van der Waals surface area (Å²) in [4.78, 5) is 4.29. The fourth-order valence-corrected chi connectivity index (χ4v) is 1.77. The number of rotatable bonds is 4. The summed E-state index contributed by atoms with van der Waals surface area (Å²) in [5.74, 6) is 1.10. The molecule has 0 fully saturated rings. The predicted molar refractivity (Wildman–Crippen MR) is 55.9 cm³/mol. The van der Waals surface area contributed by atoms with Gasteiger partial charge in [0.2, 0.25) is 0 Å². The van der Waals surface area contributed by atoms with Crippen molar-refractivity contribution < 1.29 is 0 Å². The van der Waals surface area contributed by atoms with E-state index in [0.717, 1.165) is 30.6 Å². The third kappa shape index (κ3) is 3.97. The molecule has 0 aromatic rings. The van der Waals surface area contributed by atoms with Crippen molar-refractivity contribution in [2.75, 3.05) is 25.4 Å². The highest BCUT2D eigenvalue weighted by Gasteiger charge is 2.04. The monoisotopic (exact) mass is 187 g/mol. The third-order valence-corrected chi connectivity index (χ3v) is 2.49. The Kier molecular flexibility index (Phi) is 4.46. The minimum absolute atomic E-state index is 0.587. The molecule has 0 saturated heterocycles. The molecule has 0 aliphatic carbocycles. The highest BCUT2D eigenvalue weighted by molar-refractivity contribution is 8.13. The minimum Gasteiger partial charge on any atom is -0.363 e. The molecule has 0 unspecified atom stereocenters. The topological polar surface area (TPSA) is 36.4 Å². The van der Waals surface area contributed by atoms with E-state index in [0.29, 0.717) is 6.04 Å². The molecule has 12 heavy (non-hydrogen) atoms. The van der Waals surface area contributed by atoms with E-state index in [2.05, 4.69) is 29.5 Å². The van der Waals surface area contributed by atoms with Gasteiger partial charge in [-0.15, -0.1) is 0 Å². The van der Waals surface area contributed by atoms with Gasteiger partial charge in [0.15, 0.2) is 5.17 Å². The van der Waals surface area contributed by atoms with E-state index in [4.69, 9.17) is 0 Å². The molecule has 0 radical (unpaired) electrons. The van der Waals surface area contributed by atoms with Gasteiger partial charge in [-0.05, 0) is 0 Å². The first-order valence-corrected chi connectivity index (χ1v) is 5.42. The third-order valence-electron chi connectivity index (χ3n) is 1.54. The second kappa shape index (κ2) is 5.43. The second-order valence-electron chi connectivity index (χ2n) is 3.07. The van der Waals surface area contributed by atoms with Gasteiger partial charge in [-0.2, -0.15) is 0 Å². The summed E-state index contributed by atoms with van der Waals surface area (Å²) >= 11 is 1.80. The molecule has 0 spiro atoms. The van der Waals surface area contributed by atoms with Gasteiger partial charge in [0.05, 0.1) is 6.54 Å². The van der Waals surface area contributed by atoms with E-state index in [9.17, 15) is 0 Å². The quantitative estimate of drug-likeness (QED) is 0.635. The summed E-state index contributed by atoms with van der Waals surface area (Å²) in [6.45, 7) is 7.34. The van der Waals surface area contributed by atoms with Crippen molar-refractivity contribution in [1.82, 2.24) is 10.6 Å². The molecule has 70 valence electrons. The fourth-order valence-electron chi connectivity index (χ4n) is 0.968. The van der Waals surface area contributed by atoms with Gasteiger partial charge in [-0.3, -0.25) is 4.99 Å². The lowest BCUT2D eigenvalue weighted by Gasteiger charge is -2.07. The van der Waals surface area contributed by atoms with Gasteiger partial charge in [0, 0.05) is 24.9 Å². The van der Waals surface area contributed by atoms with E-state index < -0.39 is 0 Å². The lowest BCUT2D eigenvalue weighted by atomic mass is 10.4. The van der Waals surface area contributed by atoms with Gasteiger partial charge < -0.3 is 10.6 Å². The lowest BCUT2D eigenvalue weighted by molar-refractivity contribution is 0.616. The average Bonchev–Trinajstić information content (AvgIpc) is 2.49. The van der Waals surface area contributed by atoms with Crippen molar-refractivity contribution in [2.45, 2.75) is 19.9 Å². The fraction of sp³-hybridized carbons (Fsp3) is 0.875. The zero-order valence-corrected chi connectivity index (χ0v) is 8.58. The molecule has 2 N–H and O–H groups in total. The maximum Gasteiger partial charge on any atom is 0.156 e. The zero-order chi connectivity index (χ0) is 8.81. The highest BCUT2D eigenvalue weighted by Crippen LogP contribution is 2.03. The number of nitrogens with one attached hydrogen (secondary N) is 2. The van der Waals surface area contributed by atoms with E-state index in [-0.39, 0.29) is 0 Å². The van der Waals surface area contributed by atoms with Crippen LogP contribution in [0.15, 0.2) is 4.99 Å². The number of amidine groups is 1. The molecule has 0 atom stereocenters. The summed E-state index contributed by atoms with van der Waals surface area (Å²) in [5, 5.41) is 7.71. The molecule has 0 bridgehead atoms. The van der Waals surface area contributed by atoms with Crippen LogP contribution in [0.4, 0.5) is 0 Å². The number of thioether (sulfide) groups is 1. The van der Waals surface area contributed by atoms with Crippen molar-refractivity contribution in [2.24, 2.45) is 4.99 Å². The standard InChI is InChI=1S/C8H17N3S/c1-7(2)9-5-6-12-8-10-3-4-11-8/h7,9H,3-6H2,1-2H3,(H,10,11). The molecule has 0 amide bonds. The van der Waals surface area contributed by atoms with Crippen molar-refractivity contribution in [3.63, 3.8) is 0 Å². The van der Waals surface area contributed by atoms with E-state index in [1.807, 2.05) is 0 Å². The predicted octanol–water partition coefficient (Wildman–Crippen LogP) is 0.677. The molecule has 4 heteroatoms. The first-order valence-electron chi connectivity index (χ1n) is 4.43. The number of hydrogen-bond acceptors (Lipinski definition) is 4. The van der Waals surface area contributed by atoms with E-state index in [1.54, 1.807) is 11.8 Å². The number of nitrogens with zero attached hydrogens (tertiary/aromatic N) is 1. The van der Waals surface area contributed by atoms with Crippen LogP contribution in [-0.4, -0.2) is 36.6 Å². The van der Waals surface area contributed by atoms with Crippen LogP contribution in [0.1, 0.15) is 13.8 Å². The molecule has 1 aliphatic rings. The molecular weight excluding hydrogens is 170 g/mol. The zero-order valence-electron chi connectivity index (χ0n) is 7.76. The molecule has 1 rings (SSSR count). The maximum absolute atomic E-state index is 4.29. The van der Waals surface area contributed by atoms with Crippen LogP contribution in [0, 0.1) is 0 Å². The summed E-state index contributed by atoms with van der Waals surface area (Å²) in [7, 11) is 0. The van der Waals surface area contributed by atoms with Crippen LogP contribution >= 0.6 is 11.8 Å². The van der Waals surface area contributed by atoms with Crippen LogP contribution in [-0.2, 0) is 0 Å². The normalized spacial score (nSPS) is 16.4. The minimum atomic E-state index is 0.587. The van der Waals surface area contributed by atoms with Crippen LogP contribution in [0.3, 0.4) is 0 Å². The van der Waals surface area contributed by atoms with Crippen molar-refractivity contribution in [3.8, 4) is 0 Å². The summed E-state index contributed by atoms with van der Waals surface area (Å²) < 4.78 is 0. The van der Waals surface area contributed by atoms with Crippen LogP contribution in [0.2, 0.25) is 0 Å². The van der Waals surface area contributed by atoms with Crippen molar-refractivity contribution in [1.29, 1.82) is 0 Å². The Labute approximate surface area is 78.4 Å². The SMILES string of the molecule is CC(C)NCCSC1=NCCN1. The highest BCUT2D eigenvalue weighted by atomic mass is 32.2. The molecular formula is C8H17N3S. The van der Waals surface area contributed by atoms with E-state index in [1.165, 1.54) is 0 Å². The first kappa shape index (κ1) is 9.86. The summed E-state index contributed by atoms with van der Waals surface area (Å²) in [5.41, 5.74) is 0. The Hall–Kier alpha value is -0.220. The second-order valence-corrected chi connectivity index (χ2v) is 4.15. The van der Waals surface area contributed by atoms with Crippen molar-refractivity contribution in [3.05, 3.63) is 0 Å². The Morgan fingerprint density at radius 3 is 3.08 bits per heavy atom. The Balaban J connectivity index is 1.95. The van der Waals surface area contributed by atoms with Gasteiger partial charge in [0.1, 0.15) is 0 Å². The molecule has 0 aromatic carbocycles. The lowest BCUT2D eigenvalue weighted by Crippen LogP contribution is -2.26. The smallest absolute Gasteiger partial charge is 0.156 e. The number of hydrogen-bond donors (Lipinski definition) is 2. The van der Waals surface area contributed by atoms with Gasteiger partial charge in [0.25, 0.3) is 0 Å². The Morgan fingerprint density at radius 1 is 1.67 bits per heavy atom. The van der Waals surface area contributed by atoms with E-state index >= 15 is 0 Å². The van der Waals surface area contributed by atoms with Crippen LogP contribution in [0.25, 0.3) is 0 Å². The first-order chi connectivity index (χ1) is 5.79. The molecule has 3 nitrogen and oxygen atoms in total. The van der Waals surface area contributed by atoms with Crippen LogP contribution < -0.4 is 10.6 Å². The van der Waals surface area contributed by atoms with Gasteiger partial charge >= 0.3 is 0 Å². The largest absolute Gasteiger partial charge is 0.363 e. The van der Waals surface area contributed by atoms with Crippen LogP contribution in [0.5, 0.6) is 0 Å². The maximum atomic E-state index is 4.29. The molecule has 1 aliphatic heterocycles. The molecule has 0 saturated carbocycles. The van der Waals surface area contributed by atoms with Gasteiger partial charge in [-0.1, -0.05) is 25.6 Å². The summed E-state index contributed by atoms with van der Waals surface area (Å²) in [6.07, 6.45) is 0. The molecule has 0 aromatic heterocycles. The Morgan fingerprint density at radius 2 is 2.50 bits per heavy atom. The average molecular weight is 187 g/mol.